The second-order valence-corrected chi connectivity index (χ2v) is 8.40. The molecule has 1 N–H and O–H groups in total. The molecule has 1 aliphatic heterocycles. The van der Waals surface area contributed by atoms with Gasteiger partial charge in [0, 0.05) is 24.2 Å². The van der Waals surface area contributed by atoms with Gasteiger partial charge in [0.2, 0.25) is 0 Å². The summed E-state index contributed by atoms with van der Waals surface area (Å²) in [5, 5.41) is 5.83. The van der Waals surface area contributed by atoms with Crippen LogP contribution in [-0.4, -0.2) is 35.5 Å². The van der Waals surface area contributed by atoms with Crippen molar-refractivity contribution in [3.8, 4) is 5.75 Å². The average molecular weight is 422 g/mol. The second kappa shape index (κ2) is 9.76. The average Bonchev–Trinajstić information content (AvgIpc) is 3.25. The molecule has 0 spiro atoms. The Balaban J connectivity index is 1.30. The molecule has 4 rings (SSSR count). The van der Waals surface area contributed by atoms with E-state index in [1.54, 1.807) is 0 Å². The number of piperidine rings is 1. The van der Waals surface area contributed by atoms with Crippen molar-refractivity contribution in [2.45, 2.75) is 26.2 Å². The summed E-state index contributed by atoms with van der Waals surface area (Å²) < 4.78 is 5.46. The van der Waals surface area contributed by atoms with Crippen LogP contribution in [0, 0.1) is 5.92 Å². The Morgan fingerprint density at radius 1 is 1.13 bits per heavy atom. The Morgan fingerprint density at radius 3 is 2.57 bits per heavy atom. The van der Waals surface area contributed by atoms with Gasteiger partial charge in [-0.2, -0.15) is 0 Å². The molecule has 30 heavy (non-hydrogen) atoms. The van der Waals surface area contributed by atoms with E-state index in [0.717, 1.165) is 48.9 Å². The molecule has 0 unspecified atom stereocenters. The van der Waals surface area contributed by atoms with Crippen LogP contribution in [0.25, 0.3) is 0 Å². The van der Waals surface area contributed by atoms with Gasteiger partial charge in [-0.05, 0) is 61.9 Å². The largest absolute Gasteiger partial charge is 0.494 e. The molecule has 0 aliphatic carbocycles. The fourth-order valence-electron chi connectivity index (χ4n) is 3.80. The fourth-order valence-corrected chi connectivity index (χ4v) is 4.51. The van der Waals surface area contributed by atoms with Crippen LogP contribution in [0.15, 0.2) is 60.0 Å². The summed E-state index contributed by atoms with van der Waals surface area (Å²) in [6.07, 6.45) is 3.18. The normalized spacial score (nSPS) is 14.5. The number of benzene rings is 2. The van der Waals surface area contributed by atoms with Gasteiger partial charge in [-0.1, -0.05) is 30.3 Å². The molecule has 2 heterocycles. The highest BCUT2D eigenvalue weighted by Gasteiger charge is 2.25. The first kappa shape index (κ1) is 20.4. The van der Waals surface area contributed by atoms with Gasteiger partial charge >= 0.3 is 0 Å². The number of hydrogen-bond acceptors (Lipinski definition) is 5. The van der Waals surface area contributed by atoms with Gasteiger partial charge in [0.05, 0.1) is 6.61 Å². The molecule has 1 fully saturated rings. The van der Waals surface area contributed by atoms with Gasteiger partial charge in [0.15, 0.2) is 5.13 Å². The molecular formula is C24H27N3O2S. The zero-order valence-corrected chi connectivity index (χ0v) is 18.0. The van der Waals surface area contributed by atoms with E-state index in [0.29, 0.717) is 18.2 Å². The van der Waals surface area contributed by atoms with Crippen molar-refractivity contribution in [2.75, 3.05) is 25.0 Å². The van der Waals surface area contributed by atoms with Crippen molar-refractivity contribution in [1.82, 2.24) is 9.88 Å². The van der Waals surface area contributed by atoms with Gasteiger partial charge < -0.3 is 15.0 Å². The number of nitrogens with one attached hydrogen (secondary N) is 1. The van der Waals surface area contributed by atoms with Crippen LogP contribution < -0.4 is 10.1 Å². The number of thiazole rings is 1. The van der Waals surface area contributed by atoms with Crippen LogP contribution in [-0.2, 0) is 6.42 Å². The molecule has 156 valence electrons. The molecule has 1 amide bonds. The third-order valence-electron chi connectivity index (χ3n) is 5.41. The van der Waals surface area contributed by atoms with E-state index in [9.17, 15) is 4.79 Å². The minimum absolute atomic E-state index is 0.0316. The molecule has 1 saturated heterocycles. The first-order valence-corrected chi connectivity index (χ1v) is 11.4. The molecule has 0 saturated carbocycles. The Bertz CT molecular complexity index is 948. The van der Waals surface area contributed by atoms with Gasteiger partial charge in [0.1, 0.15) is 11.4 Å². The monoisotopic (exact) mass is 421 g/mol. The number of aromatic nitrogens is 1. The summed E-state index contributed by atoms with van der Waals surface area (Å²) in [5.41, 5.74) is 2.83. The molecule has 1 aromatic heterocycles. The van der Waals surface area contributed by atoms with Gasteiger partial charge in [0.25, 0.3) is 5.91 Å². The van der Waals surface area contributed by atoms with Crippen molar-refractivity contribution < 1.29 is 9.53 Å². The van der Waals surface area contributed by atoms with Gasteiger partial charge in [-0.15, -0.1) is 11.3 Å². The number of rotatable bonds is 7. The van der Waals surface area contributed by atoms with Crippen molar-refractivity contribution >= 4 is 28.1 Å². The van der Waals surface area contributed by atoms with Crippen LogP contribution in [0.2, 0.25) is 0 Å². The molecule has 0 bridgehead atoms. The first-order valence-electron chi connectivity index (χ1n) is 10.5. The molecule has 6 heteroatoms. The highest BCUT2D eigenvalue weighted by molar-refractivity contribution is 7.14. The zero-order valence-electron chi connectivity index (χ0n) is 17.2. The summed E-state index contributed by atoms with van der Waals surface area (Å²) in [6.45, 7) is 4.21. The van der Waals surface area contributed by atoms with Crippen LogP contribution in [0.1, 0.15) is 35.8 Å². The number of ether oxygens (including phenoxy) is 1. The third kappa shape index (κ3) is 5.19. The second-order valence-electron chi connectivity index (χ2n) is 7.55. The maximum Gasteiger partial charge on any atom is 0.273 e. The molecule has 2 aromatic carbocycles. The molecular weight excluding hydrogens is 394 g/mol. The van der Waals surface area contributed by atoms with E-state index in [4.69, 9.17) is 4.74 Å². The predicted octanol–water partition coefficient (Wildman–Crippen LogP) is 5.38. The number of nitrogens with zero attached hydrogens (tertiary/aromatic N) is 2. The summed E-state index contributed by atoms with van der Waals surface area (Å²) in [6, 6.07) is 18.4. The van der Waals surface area contributed by atoms with E-state index in [2.05, 4.69) is 40.6 Å². The lowest BCUT2D eigenvalue weighted by Crippen LogP contribution is -2.39. The summed E-state index contributed by atoms with van der Waals surface area (Å²) >= 11 is 1.45. The van der Waals surface area contributed by atoms with Crippen LogP contribution >= 0.6 is 11.3 Å². The van der Waals surface area contributed by atoms with Crippen molar-refractivity contribution in [3.05, 3.63) is 71.2 Å². The number of hydrogen-bond donors (Lipinski definition) is 1. The summed E-state index contributed by atoms with van der Waals surface area (Å²) in [4.78, 5) is 19.3. The highest BCUT2D eigenvalue weighted by atomic mass is 32.1. The highest BCUT2D eigenvalue weighted by Crippen LogP contribution is 2.26. The molecule has 0 radical (unpaired) electrons. The topological polar surface area (TPSA) is 54.5 Å². The molecule has 0 atom stereocenters. The maximum atomic E-state index is 12.9. The first-order chi connectivity index (χ1) is 14.7. The Morgan fingerprint density at radius 2 is 1.87 bits per heavy atom. The lowest BCUT2D eigenvalue weighted by molar-refractivity contribution is 0.0685. The maximum absolute atomic E-state index is 12.9. The SMILES string of the molecule is CCOc1ccc(Nc2nc(C(=O)N3CCC(Cc4ccccc4)CC3)cs2)cc1. The summed E-state index contributed by atoms with van der Waals surface area (Å²) in [5.74, 6) is 1.52. The molecule has 3 aromatic rings. The van der Waals surface area contributed by atoms with Crippen LogP contribution in [0.5, 0.6) is 5.75 Å². The minimum Gasteiger partial charge on any atom is -0.494 e. The number of amides is 1. The van der Waals surface area contributed by atoms with Crippen LogP contribution in [0.3, 0.4) is 0 Å². The van der Waals surface area contributed by atoms with E-state index < -0.39 is 0 Å². The van der Waals surface area contributed by atoms with Gasteiger partial charge in [-0.3, -0.25) is 4.79 Å². The van der Waals surface area contributed by atoms with Crippen LogP contribution in [0.4, 0.5) is 10.8 Å². The van der Waals surface area contributed by atoms with E-state index in [1.165, 1.54) is 16.9 Å². The third-order valence-corrected chi connectivity index (χ3v) is 6.17. The smallest absolute Gasteiger partial charge is 0.273 e. The van der Waals surface area contributed by atoms with E-state index >= 15 is 0 Å². The zero-order chi connectivity index (χ0) is 20.8. The molecule has 1 aliphatic rings. The molecule has 5 nitrogen and oxygen atoms in total. The summed E-state index contributed by atoms with van der Waals surface area (Å²) in [7, 11) is 0. The van der Waals surface area contributed by atoms with E-state index in [1.807, 2.05) is 41.5 Å². The van der Waals surface area contributed by atoms with Crippen molar-refractivity contribution in [3.63, 3.8) is 0 Å². The predicted molar refractivity (Wildman–Crippen MR) is 122 cm³/mol. The minimum atomic E-state index is 0.0316. The lowest BCUT2D eigenvalue weighted by atomic mass is 9.90. The van der Waals surface area contributed by atoms with E-state index in [-0.39, 0.29) is 5.91 Å². The van der Waals surface area contributed by atoms with Crippen molar-refractivity contribution in [2.24, 2.45) is 5.92 Å². The standard InChI is InChI=1S/C24H27N3O2S/c1-2-29-21-10-8-20(9-11-21)25-24-26-22(17-30-24)23(28)27-14-12-19(13-15-27)16-18-6-4-3-5-7-18/h3-11,17,19H,2,12-16H2,1H3,(H,25,26). The number of carbonyl (C=O) groups excluding carboxylic acids is 1. The fraction of sp³-hybridized carbons (Fsp3) is 0.333. The van der Waals surface area contributed by atoms with Crippen molar-refractivity contribution in [1.29, 1.82) is 0 Å². The number of carbonyl (C=O) groups is 1. The number of anilines is 2. The quantitative estimate of drug-likeness (QED) is 0.556. The van der Waals surface area contributed by atoms with Gasteiger partial charge in [-0.25, -0.2) is 4.98 Å². The Kier molecular flexibility index (Phi) is 6.64. The Labute approximate surface area is 181 Å². The number of likely N-dealkylation sites (tertiary alicyclic amines) is 1. The Hall–Kier alpha value is -2.86. The lowest BCUT2D eigenvalue weighted by Gasteiger charge is -2.31.